The zero-order valence-corrected chi connectivity index (χ0v) is 10.7. The van der Waals surface area contributed by atoms with Crippen molar-refractivity contribution in [1.29, 1.82) is 0 Å². The Morgan fingerprint density at radius 1 is 1.31 bits per heavy atom. The third-order valence-electron chi connectivity index (χ3n) is 3.89. The summed E-state index contributed by atoms with van der Waals surface area (Å²) < 4.78 is 0. The van der Waals surface area contributed by atoms with E-state index in [1.54, 1.807) is 0 Å². The van der Waals surface area contributed by atoms with E-state index < -0.39 is 0 Å². The molecular formula is C13H26N2O. The van der Waals surface area contributed by atoms with Gasteiger partial charge in [-0.25, -0.2) is 0 Å². The highest BCUT2D eigenvalue weighted by Gasteiger charge is 2.33. The Morgan fingerprint density at radius 3 is 2.44 bits per heavy atom. The van der Waals surface area contributed by atoms with Crippen LogP contribution in [0, 0.1) is 5.92 Å². The number of nitrogens with zero attached hydrogens (tertiary/aromatic N) is 1. The number of rotatable bonds is 7. The lowest BCUT2D eigenvalue weighted by Gasteiger charge is -2.36. The third kappa shape index (κ3) is 3.44. The number of nitrogens with one attached hydrogen (secondary N) is 1. The normalized spacial score (nSPS) is 25.5. The van der Waals surface area contributed by atoms with Gasteiger partial charge < -0.3 is 15.3 Å². The second kappa shape index (κ2) is 5.03. The van der Waals surface area contributed by atoms with E-state index in [9.17, 15) is 5.11 Å². The maximum Gasteiger partial charge on any atom is 0.0623 e. The van der Waals surface area contributed by atoms with Gasteiger partial charge in [-0.1, -0.05) is 6.42 Å². The fourth-order valence-corrected chi connectivity index (χ4v) is 2.64. The second-order valence-electron chi connectivity index (χ2n) is 6.13. The zero-order chi connectivity index (χ0) is 11.6. The molecular weight excluding hydrogens is 200 g/mol. The van der Waals surface area contributed by atoms with E-state index in [1.165, 1.54) is 38.6 Å². The number of hydrogen-bond donors (Lipinski definition) is 2. The van der Waals surface area contributed by atoms with Gasteiger partial charge in [0.2, 0.25) is 0 Å². The Bertz CT molecular complexity index is 226. The lowest BCUT2D eigenvalue weighted by Crippen LogP contribution is -2.54. The van der Waals surface area contributed by atoms with Crippen molar-refractivity contribution in [1.82, 2.24) is 10.2 Å². The molecule has 2 N–H and O–H groups in total. The van der Waals surface area contributed by atoms with E-state index in [0.29, 0.717) is 6.04 Å². The van der Waals surface area contributed by atoms with E-state index in [-0.39, 0.29) is 12.1 Å². The van der Waals surface area contributed by atoms with Crippen LogP contribution in [0.4, 0.5) is 0 Å². The van der Waals surface area contributed by atoms with Crippen molar-refractivity contribution >= 4 is 0 Å². The molecule has 0 saturated heterocycles. The number of likely N-dealkylation sites (N-methyl/N-ethyl adjacent to an activating group) is 1. The van der Waals surface area contributed by atoms with Crippen LogP contribution in [-0.4, -0.2) is 48.3 Å². The van der Waals surface area contributed by atoms with Gasteiger partial charge in [-0.05, 0) is 45.6 Å². The standard InChI is InChI=1S/C13H26N2O/c1-13(10-16,14-12-6-7-12)9-15(2)8-11-4-3-5-11/h11-12,14,16H,3-10H2,1-2H3. The highest BCUT2D eigenvalue weighted by molar-refractivity contribution is 4.94. The summed E-state index contributed by atoms with van der Waals surface area (Å²) in [6, 6.07) is 0.661. The van der Waals surface area contributed by atoms with Crippen LogP contribution in [0.2, 0.25) is 0 Å². The molecule has 94 valence electrons. The molecule has 0 heterocycles. The van der Waals surface area contributed by atoms with Gasteiger partial charge >= 0.3 is 0 Å². The smallest absolute Gasteiger partial charge is 0.0623 e. The summed E-state index contributed by atoms with van der Waals surface area (Å²) in [7, 11) is 2.18. The molecule has 1 atom stereocenters. The second-order valence-corrected chi connectivity index (χ2v) is 6.13. The average molecular weight is 226 g/mol. The Kier molecular flexibility index (Phi) is 3.88. The van der Waals surface area contributed by atoms with Gasteiger partial charge in [0.05, 0.1) is 12.1 Å². The van der Waals surface area contributed by atoms with E-state index >= 15 is 0 Å². The first-order valence-corrected chi connectivity index (χ1v) is 6.68. The topological polar surface area (TPSA) is 35.5 Å². The van der Waals surface area contributed by atoms with E-state index in [4.69, 9.17) is 0 Å². The van der Waals surface area contributed by atoms with Crippen molar-refractivity contribution in [2.24, 2.45) is 5.92 Å². The third-order valence-corrected chi connectivity index (χ3v) is 3.89. The van der Waals surface area contributed by atoms with Gasteiger partial charge in [-0.2, -0.15) is 0 Å². The van der Waals surface area contributed by atoms with Crippen LogP contribution in [0.1, 0.15) is 39.0 Å². The summed E-state index contributed by atoms with van der Waals surface area (Å²) in [4.78, 5) is 2.38. The summed E-state index contributed by atoms with van der Waals surface area (Å²) in [5, 5.41) is 13.1. The fourth-order valence-electron chi connectivity index (χ4n) is 2.64. The SMILES string of the molecule is CN(CC1CCC1)CC(C)(CO)NC1CC1. The molecule has 0 spiro atoms. The molecule has 0 amide bonds. The zero-order valence-electron chi connectivity index (χ0n) is 10.7. The number of hydrogen-bond acceptors (Lipinski definition) is 3. The molecule has 0 aromatic heterocycles. The largest absolute Gasteiger partial charge is 0.394 e. The molecule has 3 nitrogen and oxygen atoms in total. The quantitative estimate of drug-likeness (QED) is 0.685. The van der Waals surface area contributed by atoms with Gasteiger partial charge in [0.15, 0.2) is 0 Å². The summed E-state index contributed by atoms with van der Waals surface area (Å²) in [5.41, 5.74) is -0.111. The van der Waals surface area contributed by atoms with Gasteiger partial charge in [-0.3, -0.25) is 0 Å². The van der Waals surface area contributed by atoms with Crippen LogP contribution in [-0.2, 0) is 0 Å². The minimum atomic E-state index is -0.111. The molecule has 0 bridgehead atoms. The molecule has 2 saturated carbocycles. The van der Waals surface area contributed by atoms with Crippen molar-refractivity contribution < 1.29 is 5.11 Å². The Hall–Kier alpha value is -0.120. The summed E-state index contributed by atoms with van der Waals surface area (Å²) >= 11 is 0. The summed E-state index contributed by atoms with van der Waals surface area (Å²) in [5.74, 6) is 0.911. The van der Waals surface area contributed by atoms with Gasteiger partial charge in [0, 0.05) is 19.1 Å². The van der Waals surface area contributed by atoms with Crippen LogP contribution >= 0.6 is 0 Å². The Labute approximate surface area is 99.2 Å². The summed E-state index contributed by atoms with van der Waals surface area (Å²) in [6.45, 7) is 4.53. The van der Waals surface area contributed by atoms with Crippen molar-refractivity contribution in [3.05, 3.63) is 0 Å². The highest BCUT2D eigenvalue weighted by Crippen LogP contribution is 2.27. The number of aliphatic hydroxyl groups excluding tert-OH is 1. The monoisotopic (exact) mass is 226 g/mol. The maximum atomic E-state index is 9.53. The van der Waals surface area contributed by atoms with Crippen molar-refractivity contribution in [2.45, 2.75) is 50.6 Å². The van der Waals surface area contributed by atoms with Crippen LogP contribution < -0.4 is 5.32 Å². The molecule has 16 heavy (non-hydrogen) atoms. The molecule has 0 aromatic rings. The van der Waals surface area contributed by atoms with Gasteiger partial charge in [-0.15, -0.1) is 0 Å². The van der Waals surface area contributed by atoms with E-state index in [0.717, 1.165) is 12.5 Å². The van der Waals surface area contributed by atoms with Crippen molar-refractivity contribution in [2.75, 3.05) is 26.7 Å². The minimum absolute atomic E-state index is 0.111. The van der Waals surface area contributed by atoms with Crippen molar-refractivity contribution in [3.63, 3.8) is 0 Å². The van der Waals surface area contributed by atoms with Crippen LogP contribution in [0.5, 0.6) is 0 Å². The fraction of sp³-hybridized carbons (Fsp3) is 1.00. The average Bonchev–Trinajstić information content (AvgIpc) is 2.95. The summed E-state index contributed by atoms with van der Waals surface area (Å²) in [6.07, 6.45) is 6.77. The first-order chi connectivity index (χ1) is 7.61. The first kappa shape index (κ1) is 12.3. The first-order valence-electron chi connectivity index (χ1n) is 6.68. The molecule has 0 radical (unpaired) electrons. The molecule has 2 rings (SSSR count). The van der Waals surface area contributed by atoms with E-state index in [1.807, 2.05) is 0 Å². The number of aliphatic hydroxyl groups is 1. The molecule has 0 aliphatic heterocycles. The lowest BCUT2D eigenvalue weighted by molar-refractivity contribution is 0.112. The van der Waals surface area contributed by atoms with Crippen LogP contribution in [0.15, 0.2) is 0 Å². The predicted molar refractivity (Wildman–Crippen MR) is 66.5 cm³/mol. The minimum Gasteiger partial charge on any atom is -0.394 e. The highest BCUT2D eigenvalue weighted by atomic mass is 16.3. The molecule has 2 fully saturated rings. The molecule has 2 aliphatic rings. The van der Waals surface area contributed by atoms with Crippen molar-refractivity contribution in [3.8, 4) is 0 Å². The molecule has 1 unspecified atom stereocenters. The molecule has 3 heteroatoms. The molecule has 0 aromatic carbocycles. The molecule has 2 aliphatic carbocycles. The lowest BCUT2D eigenvalue weighted by atomic mass is 9.85. The Morgan fingerprint density at radius 2 is 2.00 bits per heavy atom. The van der Waals surface area contributed by atoms with Gasteiger partial charge in [0.1, 0.15) is 0 Å². The van der Waals surface area contributed by atoms with Crippen LogP contribution in [0.3, 0.4) is 0 Å². The predicted octanol–water partition coefficient (Wildman–Crippen LogP) is 1.22. The maximum absolute atomic E-state index is 9.53. The van der Waals surface area contributed by atoms with Crippen LogP contribution in [0.25, 0.3) is 0 Å². The van der Waals surface area contributed by atoms with Gasteiger partial charge in [0.25, 0.3) is 0 Å². The Balaban J connectivity index is 1.74. The van der Waals surface area contributed by atoms with E-state index in [2.05, 4.69) is 24.2 Å².